The molecule has 1 aliphatic rings. The van der Waals surface area contributed by atoms with Crippen molar-refractivity contribution in [1.29, 1.82) is 5.26 Å². The van der Waals surface area contributed by atoms with E-state index in [1.165, 1.54) is 11.8 Å². The highest BCUT2D eigenvalue weighted by Crippen LogP contribution is 2.32. The molecule has 0 aromatic heterocycles. The zero-order valence-corrected chi connectivity index (χ0v) is 12.9. The molecule has 114 valence electrons. The molecular weight excluding hydrogens is 310 g/mol. The zero-order chi connectivity index (χ0) is 16.2. The van der Waals surface area contributed by atoms with E-state index in [1.54, 1.807) is 24.3 Å². The van der Waals surface area contributed by atoms with Crippen molar-refractivity contribution in [3.8, 4) is 6.07 Å². The highest BCUT2D eigenvalue weighted by Gasteiger charge is 2.16. The average Bonchev–Trinajstić information content (AvgIpc) is 2.55. The Balaban J connectivity index is 1.67. The van der Waals surface area contributed by atoms with Crippen molar-refractivity contribution in [2.24, 2.45) is 0 Å². The van der Waals surface area contributed by atoms with E-state index in [-0.39, 0.29) is 18.2 Å². The fourth-order valence-electron chi connectivity index (χ4n) is 2.26. The number of benzene rings is 2. The SMILES string of the molecule is N#Cc1ccc(NC(=O)Cc2ccc3c(c2)NC(=O)CS3)cc1. The van der Waals surface area contributed by atoms with E-state index >= 15 is 0 Å². The van der Waals surface area contributed by atoms with Gasteiger partial charge in [-0.1, -0.05) is 6.07 Å². The quantitative estimate of drug-likeness (QED) is 0.910. The third-order valence-electron chi connectivity index (χ3n) is 3.34. The zero-order valence-electron chi connectivity index (χ0n) is 12.1. The normalized spacial score (nSPS) is 12.7. The molecule has 0 aliphatic carbocycles. The van der Waals surface area contributed by atoms with Gasteiger partial charge in [0, 0.05) is 10.6 Å². The molecule has 0 unspecified atom stereocenters. The fraction of sp³-hybridized carbons (Fsp3) is 0.118. The second kappa shape index (κ2) is 6.55. The summed E-state index contributed by atoms with van der Waals surface area (Å²) in [6, 6.07) is 14.4. The van der Waals surface area contributed by atoms with E-state index in [4.69, 9.17) is 5.26 Å². The van der Waals surface area contributed by atoms with Gasteiger partial charge in [0.15, 0.2) is 0 Å². The predicted octanol–water partition coefficient (Wildman–Crippen LogP) is 2.78. The van der Waals surface area contributed by atoms with Crippen molar-refractivity contribution < 1.29 is 9.59 Å². The monoisotopic (exact) mass is 323 g/mol. The van der Waals surface area contributed by atoms with E-state index in [0.717, 1.165) is 16.1 Å². The van der Waals surface area contributed by atoms with Gasteiger partial charge in [0.1, 0.15) is 0 Å². The van der Waals surface area contributed by atoms with Gasteiger partial charge in [0.2, 0.25) is 11.8 Å². The molecule has 6 heteroatoms. The van der Waals surface area contributed by atoms with E-state index in [0.29, 0.717) is 17.0 Å². The Morgan fingerprint density at radius 1 is 1.26 bits per heavy atom. The molecule has 2 N–H and O–H groups in total. The summed E-state index contributed by atoms with van der Waals surface area (Å²) >= 11 is 1.49. The Bertz CT molecular complexity index is 810. The highest BCUT2D eigenvalue weighted by atomic mass is 32.2. The van der Waals surface area contributed by atoms with E-state index in [9.17, 15) is 9.59 Å². The van der Waals surface area contributed by atoms with Crippen LogP contribution in [0.4, 0.5) is 11.4 Å². The van der Waals surface area contributed by atoms with Gasteiger partial charge >= 0.3 is 0 Å². The number of hydrogen-bond acceptors (Lipinski definition) is 4. The van der Waals surface area contributed by atoms with Gasteiger partial charge in [-0.3, -0.25) is 9.59 Å². The number of nitrogens with one attached hydrogen (secondary N) is 2. The van der Waals surface area contributed by atoms with Crippen LogP contribution in [0.3, 0.4) is 0 Å². The molecular formula is C17H13N3O2S. The number of anilines is 2. The van der Waals surface area contributed by atoms with Gasteiger partial charge in [-0.05, 0) is 42.0 Å². The van der Waals surface area contributed by atoms with Gasteiger partial charge in [-0.2, -0.15) is 5.26 Å². The molecule has 5 nitrogen and oxygen atoms in total. The molecule has 0 spiro atoms. The summed E-state index contributed by atoms with van der Waals surface area (Å²) in [5.74, 6) is 0.247. The molecule has 1 heterocycles. The Kier molecular flexibility index (Phi) is 4.31. The molecule has 0 radical (unpaired) electrons. The number of rotatable bonds is 3. The minimum Gasteiger partial charge on any atom is -0.326 e. The largest absolute Gasteiger partial charge is 0.326 e. The maximum Gasteiger partial charge on any atom is 0.234 e. The van der Waals surface area contributed by atoms with Gasteiger partial charge < -0.3 is 10.6 Å². The number of carbonyl (C=O) groups is 2. The van der Waals surface area contributed by atoms with Crippen LogP contribution in [0.5, 0.6) is 0 Å². The van der Waals surface area contributed by atoms with Crippen LogP contribution < -0.4 is 10.6 Å². The van der Waals surface area contributed by atoms with E-state index in [2.05, 4.69) is 10.6 Å². The molecule has 0 saturated carbocycles. The Labute approximate surface area is 137 Å². The van der Waals surface area contributed by atoms with Crippen LogP contribution in [0.2, 0.25) is 0 Å². The number of nitrogens with zero attached hydrogens (tertiary/aromatic N) is 1. The van der Waals surface area contributed by atoms with Crippen LogP contribution in [-0.2, 0) is 16.0 Å². The van der Waals surface area contributed by atoms with Crippen molar-refractivity contribution in [3.63, 3.8) is 0 Å². The molecule has 3 rings (SSSR count). The Morgan fingerprint density at radius 3 is 2.78 bits per heavy atom. The van der Waals surface area contributed by atoms with Crippen LogP contribution in [0, 0.1) is 11.3 Å². The standard InChI is InChI=1S/C17H13N3O2S/c18-9-11-1-4-13(5-2-11)19-16(21)8-12-3-6-15-14(7-12)20-17(22)10-23-15/h1-7H,8,10H2,(H,19,21)(H,20,22). The number of carbonyl (C=O) groups excluding carboxylic acids is 2. The summed E-state index contributed by atoms with van der Waals surface area (Å²) < 4.78 is 0. The topological polar surface area (TPSA) is 82.0 Å². The van der Waals surface area contributed by atoms with Crippen molar-refractivity contribution in [2.45, 2.75) is 11.3 Å². The van der Waals surface area contributed by atoms with E-state index in [1.807, 2.05) is 24.3 Å². The van der Waals surface area contributed by atoms with Gasteiger partial charge in [-0.25, -0.2) is 0 Å². The molecule has 0 saturated heterocycles. The molecule has 1 aliphatic heterocycles. The minimum absolute atomic E-state index is 0.0262. The first-order valence-corrected chi connectivity index (χ1v) is 7.98. The molecule has 2 aromatic rings. The summed E-state index contributed by atoms with van der Waals surface area (Å²) in [6.45, 7) is 0. The smallest absolute Gasteiger partial charge is 0.234 e. The number of hydrogen-bond donors (Lipinski definition) is 2. The molecule has 23 heavy (non-hydrogen) atoms. The first-order valence-electron chi connectivity index (χ1n) is 6.99. The van der Waals surface area contributed by atoms with E-state index < -0.39 is 0 Å². The van der Waals surface area contributed by atoms with Crippen LogP contribution >= 0.6 is 11.8 Å². The highest BCUT2D eigenvalue weighted by molar-refractivity contribution is 8.00. The summed E-state index contributed by atoms with van der Waals surface area (Å²) in [5, 5.41) is 14.4. The van der Waals surface area contributed by atoms with Crippen LogP contribution in [-0.4, -0.2) is 17.6 Å². The van der Waals surface area contributed by atoms with Crippen molar-refractivity contribution in [2.75, 3.05) is 16.4 Å². The summed E-state index contributed by atoms with van der Waals surface area (Å²) in [5.41, 5.74) is 2.79. The van der Waals surface area contributed by atoms with Crippen molar-refractivity contribution >= 4 is 35.0 Å². The predicted molar refractivity (Wildman–Crippen MR) is 89.3 cm³/mol. The lowest BCUT2D eigenvalue weighted by Gasteiger charge is -2.17. The maximum absolute atomic E-state index is 12.1. The van der Waals surface area contributed by atoms with Crippen LogP contribution in [0.1, 0.15) is 11.1 Å². The molecule has 0 fully saturated rings. The van der Waals surface area contributed by atoms with Gasteiger partial charge in [-0.15, -0.1) is 11.8 Å². The first kappa shape index (κ1) is 15.1. The third kappa shape index (κ3) is 3.71. The van der Waals surface area contributed by atoms with Crippen LogP contribution in [0.25, 0.3) is 0 Å². The maximum atomic E-state index is 12.1. The van der Waals surface area contributed by atoms with Crippen molar-refractivity contribution in [3.05, 3.63) is 53.6 Å². The van der Waals surface area contributed by atoms with Gasteiger partial charge in [0.25, 0.3) is 0 Å². The third-order valence-corrected chi connectivity index (χ3v) is 4.41. The summed E-state index contributed by atoms with van der Waals surface area (Å²) in [6.07, 6.45) is 0.216. The van der Waals surface area contributed by atoms with Crippen molar-refractivity contribution in [1.82, 2.24) is 0 Å². The minimum atomic E-state index is -0.149. The Hall–Kier alpha value is -2.78. The number of nitriles is 1. The lowest BCUT2D eigenvalue weighted by Crippen LogP contribution is -2.19. The summed E-state index contributed by atoms with van der Waals surface area (Å²) in [7, 11) is 0. The number of amides is 2. The first-order chi connectivity index (χ1) is 11.1. The number of fused-ring (bicyclic) bond motifs is 1. The molecule has 0 atom stereocenters. The molecule has 2 aromatic carbocycles. The molecule has 0 bridgehead atoms. The number of thioether (sulfide) groups is 1. The fourth-order valence-corrected chi connectivity index (χ4v) is 3.05. The second-order valence-electron chi connectivity index (χ2n) is 5.08. The lowest BCUT2D eigenvalue weighted by molar-refractivity contribution is -0.115. The Morgan fingerprint density at radius 2 is 2.04 bits per heavy atom. The average molecular weight is 323 g/mol. The lowest BCUT2D eigenvalue weighted by atomic mass is 10.1. The summed E-state index contributed by atoms with van der Waals surface area (Å²) in [4.78, 5) is 24.5. The van der Waals surface area contributed by atoms with Gasteiger partial charge in [0.05, 0.1) is 29.5 Å². The second-order valence-corrected chi connectivity index (χ2v) is 6.10. The van der Waals surface area contributed by atoms with Crippen LogP contribution in [0.15, 0.2) is 47.4 Å². The molecule has 2 amide bonds.